The van der Waals surface area contributed by atoms with Crippen LogP contribution in [-0.4, -0.2) is 59.8 Å². The van der Waals surface area contributed by atoms with Gasteiger partial charge in [0.25, 0.3) is 0 Å². The summed E-state index contributed by atoms with van der Waals surface area (Å²) in [6.07, 6.45) is 0.819. The lowest BCUT2D eigenvalue weighted by Crippen LogP contribution is -2.41. The highest BCUT2D eigenvalue weighted by Crippen LogP contribution is 2.19. The summed E-state index contributed by atoms with van der Waals surface area (Å²) in [4.78, 5) is 16.5. The van der Waals surface area contributed by atoms with Gasteiger partial charge in [-0.05, 0) is 38.3 Å². The molecule has 1 fully saturated rings. The van der Waals surface area contributed by atoms with Crippen LogP contribution < -0.4 is 0 Å². The quantitative estimate of drug-likeness (QED) is 0.838. The van der Waals surface area contributed by atoms with E-state index in [-0.39, 0.29) is 18.7 Å². The second-order valence-electron chi connectivity index (χ2n) is 6.47. The van der Waals surface area contributed by atoms with E-state index in [4.69, 9.17) is 9.84 Å². The maximum Gasteiger partial charge on any atom is 0.410 e. The van der Waals surface area contributed by atoms with E-state index in [9.17, 15) is 4.79 Å². The summed E-state index contributed by atoms with van der Waals surface area (Å²) in [6, 6.07) is 9.86. The van der Waals surface area contributed by atoms with Crippen LogP contribution in [-0.2, 0) is 11.3 Å². The summed E-state index contributed by atoms with van der Waals surface area (Å²) in [5.74, 6) is 0.452. The van der Waals surface area contributed by atoms with Gasteiger partial charge in [0.05, 0.1) is 6.61 Å². The molecule has 1 atom stereocenters. The van der Waals surface area contributed by atoms with Crippen LogP contribution in [0.4, 0.5) is 4.79 Å². The number of likely N-dealkylation sites (tertiary alicyclic amines) is 1. The molecule has 0 aromatic heterocycles. The molecule has 23 heavy (non-hydrogen) atoms. The van der Waals surface area contributed by atoms with Gasteiger partial charge in [-0.25, -0.2) is 4.79 Å². The van der Waals surface area contributed by atoms with Crippen LogP contribution in [0.1, 0.15) is 25.8 Å². The first-order chi connectivity index (χ1) is 11.1. The van der Waals surface area contributed by atoms with Crippen LogP contribution in [0.15, 0.2) is 30.3 Å². The van der Waals surface area contributed by atoms with Gasteiger partial charge in [-0.1, -0.05) is 30.3 Å². The van der Waals surface area contributed by atoms with Crippen LogP contribution >= 0.6 is 0 Å². The molecule has 1 amide bonds. The van der Waals surface area contributed by atoms with Crippen LogP contribution in [0.25, 0.3) is 0 Å². The Morgan fingerprint density at radius 3 is 2.78 bits per heavy atom. The van der Waals surface area contributed by atoms with Gasteiger partial charge in [0, 0.05) is 25.7 Å². The summed E-state index contributed by atoms with van der Waals surface area (Å²) >= 11 is 0. The Balaban J connectivity index is 1.84. The third-order valence-corrected chi connectivity index (χ3v) is 4.30. The lowest BCUT2D eigenvalue weighted by atomic mass is 10.1. The van der Waals surface area contributed by atoms with E-state index >= 15 is 0 Å². The topological polar surface area (TPSA) is 53.0 Å². The molecule has 0 saturated carbocycles. The Kier molecular flexibility index (Phi) is 6.86. The maximum atomic E-state index is 12.4. The Hall–Kier alpha value is -1.59. The standard InChI is InChI=1S/C18H28N2O3/c1-15(2)20(13-17-8-9-19(12-17)10-11-21)18(22)23-14-16-6-4-3-5-7-16/h3-7,15,17,21H,8-14H2,1-2H3. The number of aliphatic hydroxyl groups excluding tert-OH is 1. The van der Waals surface area contributed by atoms with Gasteiger partial charge < -0.3 is 19.6 Å². The number of rotatable bonds is 7. The van der Waals surface area contributed by atoms with Crippen molar-refractivity contribution >= 4 is 6.09 Å². The smallest absolute Gasteiger partial charge is 0.410 e. The van der Waals surface area contributed by atoms with Crippen molar-refractivity contribution in [1.29, 1.82) is 0 Å². The van der Waals surface area contributed by atoms with Crippen molar-refractivity contribution in [2.24, 2.45) is 5.92 Å². The fourth-order valence-electron chi connectivity index (χ4n) is 2.98. The normalized spacial score (nSPS) is 18.3. The number of benzene rings is 1. The number of carbonyl (C=O) groups excluding carboxylic acids is 1. The van der Waals surface area contributed by atoms with Crippen molar-refractivity contribution < 1.29 is 14.6 Å². The van der Waals surface area contributed by atoms with Gasteiger partial charge in [-0.2, -0.15) is 0 Å². The molecule has 1 heterocycles. The van der Waals surface area contributed by atoms with Crippen molar-refractivity contribution in [3.8, 4) is 0 Å². The predicted molar refractivity (Wildman–Crippen MR) is 90.1 cm³/mol. The molecule has 1 aromatic rings. The van der Waals surface area contributed by atoms with E-state index in [1.807, 2.05) is 49.1 Å². The first kappa shape index (κ1) is 17.8. The molecule has 1 aromatic carbocycles. The maximum absolute atomic E-state index is 12.4. The van der Waals surface area contributed by atoms with Crippen molar-refractivity contribution in [1.82, 2.24) is 9.80 Å². The first-order valence-corrected chi connectivity index (χ1v) is 8.40. The summed E-state index contributed by atoms with van der Waals surface area (Å²) in [6.45, 7) is 7.91. The van der Waals surface area contributed by atoms with E-state index in [1.54, 1.807) is 0 Å². The lowest BCUT2D eigenvalue weighted by Gasteiger charge is -2.28. The molecular formula is C18H28N2O3. The van der Waals surface area contributed by atoms with Crippen molar-refractivity contribution in [2.75, 3.05) is 32.8 Å². The fraction of sp³-hybridized carbons (Fsp3) is 0.611. The molecule has 1 aliphatic heterocycles. The van der Waals surface area contributed by atoms with Crippen LogP contribution in [0.2, 0.25) is 0 Å². The number of carbonyl (C=O) groups is 1. The Morgan fingerprint density at radius 1 is 1.39 bits per heavy atom. The number of hydrogen-bond acceptors (Lipinski definition) is 4. The van der Waals surface area contributed by atoms with Gasteiger partial charge in [0.2, 0.25) is 0 Å². The van der Waals surface area contributed by atoms with E-state index in [0.29, 0.717) is 19.1 Å². The average molecular weight is 320 g/mol. The minimum Gasteiger partial charge on any atom is -0.445 e. The monoisotopic (exact) mass is 320 g/mol. The van der Waals surface area contributed by atoms with Crippen molar-refractivity contribution in [3.05, 3.63) is 35.9 Å². The van der Waals surface area contributed by atoms with Crippen LogP contribution in [0, 0.1) is 5.92 Å². The number of hydrogen-bond donors (Lipinski definition) is 1. The number of amides is 1. The van der Waals surface area contributed by atoms with Gasteiger partial charge in [-0.15, -0.1) is 0 Å². The zero-order chi connectivity index (χ0) is 16.7. The number of nitrogens with zero attached hydrogens (tertiary/aromatic N) is 2. The van der Waals surface area contributed by atoms with Gasteiger partial charge in [0.1, 0.15) is 6.61 Å². The summed E-state index contributed by atoms with van der Waals surface area (Å²) in [7, 11) is 0. The second kappa shape index (κ2) is 8.89. The molecule has 2 rings (SSSR count). The summed E-state index contributed by atoms with van der Waals surface area (Å²) in [5.41, 5.74) is 1.000. The van der Waals surface area contributed by atoms with Gasteiger partial charge >= 0.3 is 6.09 Å². The summed E-state index contributed by atoms with van der Waals surface area (Å²) < 4.78 is 5.47. The molecule has 5 nitrogen and oxygen atoms in total. The highest BCUT2D eigenvalue weighted by molar-refractivity contribution is 5.68. The molecule has 0 aliphatic carbocycles. The average Bonchev–Trinajstić information content (AvgIpc) is 2.99. The molecule has 0 bridgehead atoms. The zero-order valence-electron chi connectivity index (χ0n) is 14.1. The van der Waals surface area contributed by atoms with Gasteiger partial charge in [-0.3, -0.25) is 0 Å². The van der Waals surface area contributed by atoms with Crippen molar-refractivity contribution in [2.45, 2.75) is 32.9 Å². The number of aliphatic hydroxyl groups is 1. The molecule has 5 heteroatoms. The predicted octanol–water partition coefficient (Wildman–Crippen LogP) is 2.35. The molecule has 0 radical (unpaired) electrons. The Bertz CT molecular complexity index is 478. The second-order valence-corrected chi connectivity index (χ2v) is 6.47. The zero-order valence-corrected chi connectivity index (χ0v) is 14.1. The van der Waals surface area contributed by atoms with Crippen LogP contribution in [0.5, 0.6) is 0 Å². The molecule has 0 spiro atoms. The Morgan fingerprint density at radius 2 is 2.13 bits per heavy atom. The van der Waals surface area contributed by atoms with Crippen molar-refractivity contribution in [3.63, 3.8) is 0 Å². The molecule has 1 aliphatic rings. The molecule has 1 unspecified atom stereocenters. The third-order valence-electron chi connectivity index (χ3n) is 4.30. The largest absolute Gasteiger partial charge is 0.445 e. The first-order valence-electron chi connectivity index (χ1n) is 8.40. The fourth-order valence-corrected chi connectivity index (χ4v) is 2.98. The van der Waals surface area contributed by atoms with E-state index in [1.165, 1.54) is 0 Å². The molecule has 128 valence electrons. The lowest BCUT2D eigenvalue weighted by molar-refractivity contribution is 0.0791. The summed E-state index contributed by atoms with van der Waals surface area (Å²) in [5, 5.41) is 9.02. The highest BCUT2D eigenvalue weighted by atomic mass is 16.6. The Labute approximate surface area is 138 Å². The number of β-amino-alcohol motifs (C(OH)–C–C–N with tert-alkyl or cyclic N) is 1. The molecule has 1 N–H and O–H groups in total. The molecule has 1 saturated heterocycles. The van der Waals surface area contributed by atoms with E-state index in [0.717, 1.165) is 31.6 Å². The van der Waals surface area contributed by atoms with E-state index in [2.05, 4.69) is 4.90 Å². The third kappa shape index (κ3) is 5.52. The number of ether oxygens (including phenoxy) is 1. The minimum absolute atomic E-state index is 0.116. The van der Waals surface area contributed by atoms with Gasteiger partial charge in [0.15, 0.2) is 0 Å². The molecular weight excluding hydrogens is 292 g/mol. The minimum atomic E-state index is -0.246. The van der Waals surface area contributed by atoms with Crippen LogP contribution in [0.3, 0.4) is 0 Å². The highest BCUT2D eigenvalue weighted by Gasteiger charge is 2.27. The van der Waals surface area contributed by atoms with E-state index < -0.39 is 0 Å². The SMILES string of the molecule is CC(C)N(CC1CCN(CCO)C1)C(=O)OCc1ccccc1.